The Hall–Kier alpha value is -1.62. The van der Waals surface area contributed by atoms with E-state index < -0.39 is 17.2 Å². The summed E-state index contributed by atoms with van der Waals surface area (Å²) < 4.78 is 23.5. The normalized spacial score (nSPS) is 23.0. The van der Waals surface area contributed by atoms with Crippen molar-refractivity contribution in [1.29, 1.82) is 0 Å². The summed E-state index contributed by atoms with van der Waals surface area (Å²) in [5, 5.41) is 9.30. The second kappa shape index (κ2) is 4.94. The van der Waals surface area contributed by atoms with Gasteiger partial charge >= 0.3 is 5.97 Å². The van der Waals surface area contributed by atoms with Crippen LogP contribution in [0.25, 0.3) is 0 Å². The lowest BCUT2D eigenvalue weighted by atomic mass is 9.81. The quantitative estimate of drug-likeness (QED) is 0.891. The van der Waals surface area contributed by atoms with Gasteiger partial charge in [-0.2, -0.15) is 0 Å². The van der Waals surface area contributed by atoms with E-state index in [0.717, 1.165) is 0 Å². The smallest absolute Gasteiger partial charge is 0.312 e. The number of carboxylic acid groups (broad SMARTS) is 1. The molecule has 1 fully saturated rings. The molecule has 0 aromatic heterocycles. The number of halogens is 1. The Morgan fingerprint density at radius 3 is 2.89 bits per heavy atom. The van der Waals surface area contributed by atoms with Crippen LogP contribution in [0, 0.1) is 11.2 Å². The molecule has 0 aliphatic carbocycles. The molecule has 1 unspecified atom stereocenters. The third-order valence-corrected chi connectivity index (χ3v) is 3.32. The van der Waals surface area contributed by atoms with E-state index in [1.165, 1.54) is 19.2 Å². The van der Waals surface area contributed by atoms with Crippen LogP contribution in [0.2, 0.25) is 0 Å². The van der Waals surface area contributed by atoms with E-state index >= 15 is 0 Å². The minimum Gasteiger partial charge on any atom is -0.494 e. The summed E-state index contributed by atoms with van der Waals surface area (Å²) >= 11 is 0. The SMILES string of the molecule is COc1ccc(CC2(C(=O)O)CCOC2)cc1F. The first kappa shape index (κ1) is 12.8. The summed E-state index contributed by atoms with van der Waals surface area (Å²) in [5.41, 5.74) is -0.290. The van der Waals surface area contributed by atoms with Crippen LogP contribution in [0.1, 0.15) is 12.0 Å². The molecule has 18 heavy (non-hydrogen) atoms. The maximum Gasteiger partial charge on any atom is 0.312 e. The highest BCUT2D eigenvalue weighted by Crippen LogP contribution is 2.33. The molecule has 5 heteroatoms. The van der Waals surface area contributed by atoms with Crippen LogP contribution in [0.5, 0.6) is 5.75 Å². The Bertz CT molecular complexity index is 452. The Kier molecular flexibility index (Phi) is 3.52. The van der Waals surface area contributed by atoms with Gasteiger partial charge in [0.2, 0.25) is 0 Å². The number of methoxy groups -OCH3 is 1. The van der Waals surface area contributed by atoms with Gasteiger partial charge in [0.15, 0.2) is 11.6 Å². The number of carbonyl (C=O) groups is 1. The summed E-state index contributed by atoms with van der Waals surface area (Å²) in [5.74, 6) is -1.21. The maximum atomic E-state index is 13.5. The third-order valence-electron chi connectivity index (χ3n) is 3.32. The molecule has 1 aromatic rings. The fourth-order valence-electron chi connectivity index (χ4n) is 2.20. The van der Waals surface area contributed by atoms with Gasteiger partial charge in [-0.25, -0.2) is 4.39 Å². The lowest BCUT2D eigenvalue weighted by Crippen LogP contribution is -2.33. The van der Waals surface area contributed by atoms with Crippen molar-refractivity contribution >= 4 is 5.97 Å². The number of ether oxygens (including phenoxy) is 2. The number of rotatable bonds is 4. The van der Waals surface area contributed by atoms with E-state index in [4.69, 9.17) is 9.47 Å². The molecule has 2 rings (SSSR count). The topological polar surface area (TPSA) is 55.8 Å². The van der Waals surface area contributed by atoms with Crippen molar-refractivity contribution in [3.05, 3.63) is 29.6 Å². The van der Waals surface area contributed by atoms with Crippen LogP contribution in [0.15, 0.2) is 18.2 Å². The van der Waals surface area contributed by atoms with Gasteiger partial charge in [0.1, 0.15) is 0 Å². The van der Waals surface area contributed by atoms with Crippen molar-refractivity contribution in [3.63, 3.8) is 0 Å². The van der Waals surface area contributed by atoms with Crippen molar-refractivity contribution in [1.82, 2.24) is 0 Å². The monoisotopic (exact) mass is 254 g/mol. The Morgan fingerprint density at radius 1 is 1.61 bits per heavy atom. The summed E-state index contributed by atoms with van der Waals surface area (Å²) in [6.07, 6.45) is 0.721. The maximum absolute atomic E-state index is 13.5. The van der Waals surface area contributed by atoms with Gasteiger partial charge in [0.05, 0.1) is 19.1 Å². The molecule has 1 aromatic carbocycles. The third kappa shape index (κ3) is 2.31. The zero-order chi connectivity index (χ0) is 13.2. The Balaban J connectivity index is 2.22. The molecule has 1 saturated heterocycles. The molecular formula is C13H15FO4. The second-order valence-electron chi connectivity index (χ2n) is 4.53. The molecule has 1 aliphatic rings. The zero-order valence-electron chi connectivity index (χ0n) is 10.1. The minimum absolute atomic E-state index is 0.158. The first-order chi connectivity index (χ1) is 8.57. The number of hydrogen-bond acceptors (Lipinski definition) is 3. The molecule has 0 saturated carbocycles. The summed E-state index contributed by atoms with van der Waals surface area (Å²) in [4.78, 5) is 11.3. The van der Waals surface area contributed by atoms with Crippen molar-refractivity contribution in [2.45, 2.75) is 12.8 Å². The van der Waals surface area contributed by atoms with Gasteiger partial charge < -0.3 is 14.6 Å². The van der Waals surface area contributed by atoms with Gasteiger partial charge in [-0.05, 0) is 30.5 Å². The van der Waals surface area contributed by atoms with Crippen LogP contribution >= 0.6 is 0 Å². The average Bonchev–Trinajstić information content (AvgIpc) is 2.79. The lowest BCUT2D eigenvalue weighted by Gasteiger charge is -2.22. The lowest BCUT2D eigenvalue weighted by molar-refractivity contribution is -0.148. The van der Waals surface area contributed by atoms with Gasteiger partial charge in [-0.1, -0.05) is 6.07 Å². The number of hydrogen-bond donors (Lipinski definition) is 1. The highest BCUT2D eigenvalue weighted by atomic mass is 19.1. The highest BCUT2D eigenvalue weighted by molar-refractivity contribution is 5.75. The van der Waals surface area contributed by atoms with E-state index in [1.807, 2.05) is 0 Å². The summed E-state index contributed by atoms with van der Waals surface area (Å²) in [6, 6.07) is 4.52. The molecular weight excluding hydrogens is 239 g/mol. The number of carboxylic acids is 1. The average molecular weight is 254 g/mol. The number of benzene rings is 1. The molecule has 0 amide bonds. The fraction of sp³-hybridized carbons (Fsp3) is 0.462. The molecule has 0 bridgehead atoms. The molecule has 0 spiro atoms. The van der Waals surface area contributed by atoms with E-state index in [9.17, 15) is 14.3 Å². The van der Waals surface area contributed by atoms with Crippen molar-refractivity contribution in [2.75, 3.05) is 20.3 Å². The zero-order valence-corrected chi connectivity index (χ0v) is 10.1. The molecule has 0 radical (unpaired) electrons. The molecule has 1 atom stereocenters. The van der Waals surface area contributed by atoms with Crippen LogP contribution < -0.4 is 4.74 Å². The van der Waals surface area contributed by atoms with Gasteiger partial charge in [-0.3, -0.25) is 4.79 Å². The standard InChI is InChI=1S/C13H15FO4/c1-17-11-3-2-9(6-10(11)14)7-13(12(15)16)4-5-18-8-13/h2-3,6H,4-5,7-8H2,1H3,(H,15,16). The van der Waals surface area contributed by atoms with Crippen LogP contribution in [-0.2, 0) is 16.0 Å². The first-order valence-corrected chi connectivity index (χ1v) is 5.71. The van der Waals surface area contributed by atoms with Crippen molar-refractivity contribution < 1.29 is 23.8 Å². The predicted molar refractivity (Wildman–Crippen MR) is 62.2 cm³/mol. The van der Waals surface area contributed by atoms with Gasteiger partial charge in [0.25, 0.3) is 0 Å². The molecule has 98 valence electrons. The summed E-state index contributed by atoms with van der Waals surface area (Å²) in [6.45, 7) is 0.612. The molecule has 1 aliphatic heterocycles. The van der Waals surface area contributed by atoms with Crippen molar-refractivity contribution in [3.8, 4) is 5.75 Å². The largest absolute Gasteiger partial charge is 0.494 e. The Morgan fingerprint density at radius 2 is 2.39 bits per heavy atom. The molecule has 1 heterocycles. The van der Waals surface area contributed by atoms with Gasteiger partial charge in [0, 0.05) is 6.61 Å². The van der Waals surface area contributed by atoms with Gasteiger partial charge in [-0.15, -0.1) is 0 Å². The highest BCUT2D eigenvalue weighted by Gasteiger charge is 2.42. The van der Waals surface area contributed by atoms with E-state index in [1.54, 1.807) is 6.07 Å². The van der Waals surface area contributed by atoms with Crippen LogP contribution in [0.4, 0.5) is 4.39 Å². The predicted octanol–water partition coefficient (Wildman–Crippen LogP) is 1.87. The van der Waals surface area contributed by atoms with E-state index in [0.29, 0.717) is 18.6 Å². The van der Waals surface area contributed by atoms with Crippen LogP contribution in [0.3, 0.4) is 0 Å². The second-order valence-corrected chi connectivity index (χ2v) is 4.53. The molecule has 4 nitrogen and oxygen atoms in total. The fourth-order valence-corrected chi connectivity index (χ4v) is 2.20. The van der Waals surface area contributed by atoms with Crippen LogP contribution in [-0.4, -0.2) is 31.4 Å². The minimum atomic E-state index is -0.930. The Labute approximate surface area is 104 Å². The van der Waals surface area contributed by atoms with Crippen molar-refractivity contribution in [2.24, 2.45) is 5.41 Å². The number of aliphatic carboxylic acids is 1. The summed E-state index contributed by atoms with van der Waals surface area (Å²) in [7, 11) is 1.39. The van der Waals surface area contributed by atoms with E-state index in [2.05, 4.69) is 0 Å². The first-order valence-electron chi connectivity index (χ1n) is 5.71. The van der Waals surface area contributed by atoms with E-state index in [-0.39, 0.29) is 18.8 Å². The molecule has 1 N–H and O–H groups in total.